The number of alkyl halides is 1. The van der Waals surface area contributed by atoms with E-state index in [1.54, 1.807) is 6.07 Å². The first-order chi connectivity index (χ1) is 8.87. The van der Waals surface area contributed by atoms with Gasteiger partial charge in [-0.15, -0.1) is 11.6 Å². The lowest BCUT2D eigenvalue weighted by molar-refractivity contribution is 0.286. The van der Waals surface area contributed by atoms with Gasteiger partial charge in [0.05, 0.1) is 16.8 Å². The normalized spacial score (nSPS) is 11.4. The molecule has 19 heavy (non-hydrogen) atoms. The van der Waals surface area contributed by atoms with Crippen LogP contribution in [-0.2, 0) is 15.7 Å². The minimum Gasteiger partial charge on any atom is -0.490 e. The Morgan fingerprint density at radius 2 is 2.00 bits per heavy atom. The molecule has 0 spiro atoms. The summed E-state index contributed by atoms with van der Waals surface area (Å²) in [5.41, 5.74) is 0.896. The van der Waals surface area contributed by atoms with Gasteiger partial charge in [0, 0.05) is 12.1 Å². The molecule has 1 aromatic carbocycles. The minimum absolute atomic E-state index is 0.0394. The second-order valence-electron chi connectivity index (χ2n) is 3.95. The fraction of sp³-hybridized carbons (Fsp3) is 0.500. The lowest BCUT2D eigenvalue weighted by Crippen LogP contribution is -2.13. The van der Waals surface area contributed by atoms with Gasteiger partial charge in [0.2, 0.25) is 0 Å². The second-order valence-corrected chi connectivity index (χ2v) is 7.33. The Labute approximate surface area is 127 Å². The van der Waals surface area contributed by atoms with Crippen LogP contribution in [0.3, 0.4) is 0 Å². The first kappa shape index (κ1) is 16.6. The molecule has 4 nitrogen and oxygen atoms in total. The Bertz CT molecular complexity index is 531. The fourth-order valence-electron chi connectivity index (χ4n) is 1.40. The fourth-order valence-corrected chi connectivity index (χ4v) is 2.54. The van der Waals surface area contributed by atoms with E-state index in [-0.39, 0.29) is 12.4 Å². The van der Waals surface area contributed by atoms with E-state index < -0.39 is 9.84 Å². The largest absolute Gasteiger partial charge is 0.490 e. The molecule has 108 valence electrons. The minimum atomic E-state index is -3.05. The molecule has 0 saturated heterocycles. The first-order valence-corrected chi connectivity index (χ1v) is 9.08. The van der Waals surface area contributed by atoms with Crippen molar-refractivity contribution >= 4 is 37.4 Å². The summed E-state index contributed by atoms with van der Waals surface area (Å²) < 4.78 is 33.8. The third-order valence-electron chi connectivity index (χ3n) is 2.22. The standard InChI is InChI=1S/C12H16BrClO4S/c1-3-17-11-7-9(8-14)6-10(13)12(11)18-4-5-19(2,15)16/h6-7H,3-5,8H2,1-2H3. The van der Waals surface area contributed by atoms with Gasteiger partial charge in [0.1, 0.15) is 6.61 Å². The van der Waals surface area contributed by atoms with E-state index >= 15 is 0 Å². The maximum Gasteiger partial charge on any atom is 0.175 e. The Morgan fingerprint density at radius 1 is 1.32 bits per heavy atom. The van der Waals surface area contributed by atoms with E-state index in [1.165, 1.54) is 6.26 Å². The van der Waals surface area contributed by atoms with Crippen molar-refractivity contribution in [3.8, 4) is 11.5 Å². The van der Waals surface area contributed by atoms with Crippen LogP contribution >= 0.6 is 27.5 Å². The summed E-state index contributed by atoms with van der Waals surface area (Å²) in [6.45, 7) is 2.43. The van der Waals surface area contributed by atoms with Gasteiger partial charge in [-0.1, -0.05) is 0 Å². The molecule has 0 atom stereocenters. The van der Waals surface area contributed by atoms with Crippen LogP contribution < -0.4 is 9.47 Å². The van der Waals surface area contributed by atoms with E-state index in [1.807, 2.05) is 13.0 Å². The van der Waals surface area contributed by atoms with Gasteiger partial charge in [-0.3, -0.25) is 0 Å². The molecule has 0 unspecified atom stereocenters. The average Bonchev–Trinajstić information content (AvgIpc) is 2.31. The third-order valence-corrected chi connectivity index (χ3v) is 4.03. The third kappa shape index (κ3) is 5.58. The van der Waals surface area contributed by atoms with Crippen molar-refractivity contribution < 1.29 is 17.9 Å². The number of hydrogen-bond donors (Lipinski definition) is 0. The molecule has 0 aliphatic carbocycles. The molecule has 1 rings (SSSR count). The van der Waals surface area contributed by atoms with Crippen molar-refractivity contribution in [3.05, 3.63) is 22.2 Å². The molecule has 1 aromatic rings. The van der Waals surface area contributed by atoms with Crippen LogP contribution in [-0.4, -0.2) is 33.6 Å². The van der Waals surface area contributed by atoms with E-state index in [2.05, 4.69) is 15.9 Å². The average molecular weight is 372 g/mol. The molecular weight excluding hydrogens is 356 g/mol. The van der Waals surface area contributed by atoms with E-state index in [4.69, 9.17) is 21.1 Å². The Kier molecular flexibility index (Phi) is 6.42. The predicted molar refractivity (Wildman–Crippen MR) is 80.1 cm³/mol. The van der Waals surface area contributed by atoms with Gasteiger partial charge >= 0.3 is 0 Å². The van der Waals surface area contributed by atoms with Crippen molar-refractivity contribution in [2.75, 3.05) is 25.2 Å². The van der Waals surface area contributed by atoms with E-state index in [0.717, 1.165) is 5.56 Å². The highest BCUT2D eigenvalue weighted by Crippen LogP contribution is 2.37. The highest BCUT2D eigenvalue weighted by Gasteiger charge is 2.13. The number of halogens is 2. The van der Waals surface area contributed by atoms with E-state index in [9.17, 15) is 8.42 Å². The quantitative estimate of drug-likeness (QED) is 0.691. The number of hydrogen-bond acceptors (Lipinski definition) is 4. The first-order valence-electron chi connectivity index (χ1n) is 5.69. The number of rotatable bonds is 7. The summed E-state index contributed by atoms with van der Waals surface area (Å²) in [6, 6.07) is 3.61. The Balaban J connectivity index is 2.91. The summed E-state index contributed by atoms with van der Waals surface area (Å²) in [6.07, 6.45) is 1.17. The molecule has 0 N–H and O–H groups in total. The topological polar surface area (TPSA) is 52.6 Å². The maximum atomic E-state index is 11.1. The van der Waals surface area contributed by atoms with Gasteiger partial charge < -0.3 is 9.47 Å². The highest BCUT2D eigenvalue weighted by atomic mass is 79.9. The lowest BCUT2D eigenvalue weighted by atomic mass is 10.2. The summed E-state index contributed by atoms with van der Waals surface area (Å²) in [5, 5.41) is 0. The van der Waals surface area contributed by atoms with E-state index in [0.29, 0.717) is 28.5 Å². The van der Waals surface area contributed by atoms with Gasteiger partial charge in [-0.25, -0.2) is 8.42 Å². The molecule has 0 aromatic heterocycles. The zero-order chi connectivity index (χ0) is 14.5. The van der Waals surface area contributed by atoms with Gasteiger partial charge in [0.15, 0.2) is 21.3 Å². The van der Waals surface area contributed by atoms with Crippen LogP contribution in [0.5, 0.6) is 11.5 Å². The molecule has 0 heterocycles. The van der Waals surface area contributed by atoms with Crippen LogP contribution in [0.4, 0.5) is 0 Å². The number of ether oxygens (including phenoxy) is 2. The smallest absolute Gasteiger partial charge is 0.175 e. The van der Waals surface area contributed by atoms with Crippen molar-refractivity contribution in [1.82, 2.24) is 0 Å². The molecule has 0 bridgehead atoms. The molecule has 0 amide bonds. The van der Waals surface area contributed by atoms with Gasteiger partial charge in [-0.2, -0.15) is 0 Å². The maximum absolute atomic E-state index is 11.1. The molecule has 0 radical (unpaired) electrons. The number of sulfone groups is 1. The molecule has 7 heteroatoms. The zero-order valence-corrected chi connectivity index (χ0v) is 13.9. The van der Waals surface area contributed by atoms with Crippen molar-refractivity contribution in [1.29, 1.82) is 0 Å². The molecule has 0 fully saturated rings. The Hall–Kier alpha value is -0.460. The van der Waals surface area contributed by atoms with Gasteiger partial charge in [0.25, 0.3) is 0 Å². The van der Waals surface area contributed by atoms with Gasteiger partial charge in [-0.05, 0) is 40.5 Å². The molecule has 0 aliphatic rings. The molecular formula is C12H16BrClO4S. The van der Waals surface area contributed by atoms with Crippen molar-refractivity contribution in [2.45, 2.75) is 12.8 Å². The van der Waals surface area contributed by atoms with Crippen LogP contribution in [0.15, 0.2) is 16.6 Å². The summed E-state index contributed by atoms with van der Waals surface area (Å²) in [5.74, 6) is 1.38. The summed E-state index contributed by atoms with van der Waals surface area (Å²) >= 11 is 9.17. The van der Waals surface area contributed by atoms with Crippen LogP contribution in [0.2, 0.25) is 0 Å². The summed E-state index contributed by atoms with van der Waals surface area (Å²) in [7, 11) is -3.05. The van der Waals surface area contributed by atoms with Crippen molar-refractivity contribution in [3.63, 3.8) is 0 Å². The highest BCUT2D eigenvalue weighted by molar-refractivity contribution is 9.10. The van der Waals surface area contributed by atoms with Crippen LogP contribution in [0.25, 0.3) is 0 Å². The SMILES string of the molecule is CCOc1cc(CCl)cc(Br)c1OCCS(C)(=O)=O. The number of benzene rings is 1. The zero-order valence-electron chi connectivity index (χ0n) is 10.8. The van der Waals surface area contributed by atoms with Crippen LogP contribution in [0.1, 0.15) is 12.5 Å². The lowest BCUT2D eigenvalue weighted by Gasteiger charge is -2.14. The van der Waals surface area contributed by atoms with Crippen molar-refractivity contribution in [2.24, 2.45) is 0 Å². The second kappa shape index (κ2) is 7.36. The molecule has 0 aliphatic heterocycles. The Morgan fingerprint density at radius 3 is 2.53 bits per heavy atom. The monoisotopic (exact) mass is 370 g/mol. The predicted octanol–water partition coefficient (Wildman–Crippen LogP) is 3.01. The van der Waals surface area contributed by atoms with Crippen LogP contribution in [0, 0.1) is 0 Å². The summed E-state index contributed by atoms with van der Waals surface area (Å²) in [4.78, 5) is 0. The molecule has 0 saturated carbocycles.